The van der Waals surface area contributed by atoms with E-state index < -0.39 is 35.0 Å². The summed E-state index contributed by atoms with van der Waals surface area (Å²) in [6, 6.07) is 5.05. The van der Waals surface area contributed by atoms with Crippen molar-refractivity contribution in [1.29, 1.82) is 0 Å². The van der Waals surface area contributed by atoms with E-state index in [-0.39, 0.29) is 37.5 Å². The minimum absolute atomic E-state index is 0.0530. The number of likely N-dealkylation sites (tertiary alicyclic amines) is 1. The van der Waals surface area contributed by atoms with E-state index in [1.165, 1.54) is 0 Å². The molecule has 6 atom stereocenters. The van der Waals surface area contributed by atoms with Crippen LogP contribution >= 0.6 is 0 Å². The maximum absolute atomic E-state index is 14.9. The summed E-state index contributed by atoms with van der Waals surface area (Å²) < 4.78 is 12.7. The molecule has 2 bridgehead atoms. The van der Waals surface area contributed by atoms with Crippen molar-refractivity contribution in [2.45, 2.75) is 96.3 Å². The molecule has 3 aliphatic rings. The number of benzene rings is 1. The molecule has 0 aliphatic carbocycles. The molecule has 3 heterocycles. The molecule has 3 aliphatic heterocycles. The Bertz CT molecular complexity index is 1190. The number of aliphatic hydroxyl groups is 1. The Labute approximate surface area is 257 Å². The van der Waals surface area contributed by atoms with Crippen LogP contribution in [0.4, 0.5) is 5.69 Å². The largest absolute Gasteiger partial charge is 0.465 e. The number of unbranched alkanes of at least 4 members (excludes halogenated alkanes) is 5. The van der Waals surface area contributed by atoms with Gasteiger partial charge in [-0.3, -0.25) is 14.4 Å². The molecule has 1 spiro atoms. The first kappa shape index (κ1) is 32.9. The van der Waals surface area contributed by atoms with Gasteiger partial charge in [-0.1, -0.05) is 50.1 Å². The van der Waals surface area contributed by atoms with Crippen LogP contribution in [0.2, 0.25) is 0 Å². The number of carbonyl (C=O) groups is 3. The van der Waals surface area contributed by atoms with Gasteiger partial charge in [-0.15, -0.1) is 13.2 Å². The highest BCUT2D eigenvalue weighted by Gasteiger charge is 2.80. The Hall–Kier alpha value is -2.97. The fourth-order valence-electron chi connectivity index (χ4n) is 7.82. The number of fused-ring (bicyclic) bond motifs is 1. The van der Waals surface area contributed by atoms with Crippen LogP contribution < -0.4 is 4.90 Å². The first-order valence-corrected chi connectivity index (χ1v) is 16.0. The zero-order valence-electron chi connectivity index (χ0n) is 26.5. The highest BCUT2D eigenvalue weighted by atomic mass is 16.6. The number of esters is 1. The molecule has 3 saturated heterocycles. The van der Waals surface area contributed by atoms with Crippen molar-refractivity contribution in [3.05, 3.63) is 54.6 Å². The van der Waals surface area contributed by atoms with Crippen LogP contribution in [0.1, 0.15) is 76.3 Å². The number of ether oxygens (including phenoxy) is 2. The van der Waals surface area contributed by atoms with Gasteiger partial charge < -0.3 is 24.4 Å². The van der Waals surface area contributed by atoms with Crippen molar-refractivity contribution >= 4 is 23.5 Å². The Morgan fingerprint density at radius 1 is 1.12 bits per heavy atom. The summed E-state index contributed by atoms with van der Waals surface area (Å²) in [6.45, 7) is 16.7. The van der Waals surface area contributed by atoms with E-state index in [1.54, 1.807) is 15.9 Å². The number of rotatable bonds is 16. The Balaban J connectivity index is 1.73. The molecule has 0 radical (unpaired) electrons. The van der Waals surface area contributed by atoms with Crippen LogP contribution in [-0.4, -0.2) is 71.3 Å². The lowest BCUT2D eigenvalue weighted by molar-refractivity contribution is -0.161. The third-order valence-electron chi connectivity index (χ3n) is 9.94. The summed E-state index contributed by atoms with van der Waals surface area (Å²) in [5.74, 6) is -2.46. The number of para-hydroxylation sites is 1. The first-order chi connectivity index (χ1) is 20.6. The average molecular weight is 595 g/mol. The lowest BCUT2D eigenvalue weighted by Gasteiger charge is -2.38. The van der Waals surface area contributed by atoms with E-state index in [1.807, 2.05) is 52.0 Å². The molecular weight excluding hydrogens is 544 g/mol. The molecule has 1 N–H and O–H groups in total. The van der Waals surface area contributed by atoms with E-state index in [0.29, 0.717) is 32.2 Å². The molecule has 236 valence electrons. The number of carbonyl (C=O) groups excluding carboxylic acids is 3. The predicted molar refractivity (Wildman–Crippen MR) is 168 cm³/mol. The number of amides is 2. The summed E-state index contributed by atoms with van der Waals surface area (Å²) in [4.78, 5) is 46.5. The lowest BCUT2D eigenvalue weighted by Crippen LogP contribution is -2.57. The van der Waals surface area contributed by atoms with Gasteiger partial charge in [0.2, 0.25) is 5.91 Å². The number of hydrogen-bond acceptors (Lipinski definition) is 6. The van der Waals surface area contributed by atoms with E-state index in [9.17, 15) is 19.5 Å². The van der Waals surface area contributed by atoms with Gasteiger partial charge in [0, 0.05) is 25.4 Å². The summed E-state index contributed by atoms with van der Waals surface area (Å²) in [6.07, 6.45) is 9.54. The molecular formula is C35H50N2O6. The summed E-state index contributed by atoms with van der Waals surface area (Å²) in [5.41, 5.74) is 0.685. The SMILES string of the molecule is C=CCCCCOC(=O)[C@H]1[C@H]2C(=O)N(CCCCCCO)C(C(=O)N(CC=C)c3c(C)cccc3C)C23CC(C)[C@]1(C)O3. The van der Waals surface area contributed by atoms with Crippen molar-refractivity contribution in [1.82, 2.24) is 4.90 Å². The van der Waals surface area contributed by atoms with Crippen LogP contribution in [0.3, 0.4) is 0 Å². The van der Waals surface area contributed by atoms with Crippen molar-refractivity contribution in [2.75, 3.05) is 31.2 Å². The van der Waals surface area contributed by atoms with E-state index in [4.69, 9.17) is 9.47 Å². The van der Waals surface area contributed by atoms with Crippen LogP contribution in [-0.2, 0) is 23.9 Å². The summed E-state index contributed by atoms with van der Waals surface area (Å²) >= 11 is 0. The monoisotopic (exact) mass is 594 g/mol. The topological polar surface area (TPSA) is 96.4 Å². The van der Waals surface area contributed by atoms with Crippen LogP contribution in [0.15, 0.2) is 43.5 Å². The number of anilines is 1. The van der Waals surface area contributed by atoms with E-state index >= 15 is 0 Å². The quantitative estimate of drug-likeness (QED) is 0.159. The van der Waals surface area contributed by atoms with E-state index in [2.05, 4.69) is 13.2 Å². The molecule has 8 heteroatoms. The Morgan fingerprint density at radius 3 is 2.47 bits per heavy atom. The Kier molecular flexibility index (Phi) is 10.5. The van der Waals surface area contributed by atoms with Gasteiger partial charge in [-0.25, -0.2) is 0 Å². The van der Waals surface area contributed by atoms with Crippen molar-refractivity contribution in [3.63, 3.8) is 0 Å². The minimum atomic E-state index is -1.13. The second kappa shape index (κ2) is 13.8. The zero-order chi connectivity index (χ0) is 31.4. The van der Waals surface area contributed by atoms with Gasteiger partial charge in [0.1, 0.15) is 17.6 Å². The third kappa shape index (κ3) is 5.93. The molecule has 8 nitrogen and oxygen atoms in total. The lowest BCUT2D eigenvalue weighted by atomic mass is 9.62. The fourth-order valence-corrected chi connectivity index (χ4v) is 7.82. The summed E-state index contributed by atoms with van der Waals surface area (Å²) in [5, 5.41) is 9.22. The molecule has 43 heavy (non-hydrogen) atoms. The van der Waals surface area contributed by atoms with Crippen molar-refractivity contribution in [2.24, 2.45) is 17.8 Å². The third-order valence-corrected chi connectivity index (χ3v) is 9.94. The highest BCUT2D eigenvalue weighted by Crippen LogP contribution is 2.65. The van der Waals surface area contributed by atoms with Crippen molar-refractivity contribution < 1.29 is 29.0 Å². The number of nitrogens with zero attached hydrogens (tertiary/aromatic N) is 2. The second-order valence-electron chi connectivity index (χ2n) is 12.8. The van der Waals surface area contributed by atoms with Gasteiger partial charge >= 0.3 is 5.97 Å². The fraction of sp³-hybridized carbons (Fsp3) is 0.629. The van der Waals surface area contributed by atoms with Gasteiger partial charge in [-0.05, 0) is 76.3 Å². The number of aliphatic hydroxyl groups excluding tert-OH is 1. The molecule has 1 aromatic carbocycles. The summed E-state index contributed by atoms with van der Waals surface area (Å²) in [7, 11) is 0. The highest BCUT2D eigenvalue weighted by molar-refractivity contribution is 6.05. The molecule has 3 fully saturated rings. The van der Waals surface area contributed by atoms with Gasteiger partial charge in [0.15, 0.2) is 0 Å². The molecule has 0 aromatic heterocycles. The molecule has 4 rings (SSSR count). The van der Waals surface area contributed by atoms with E-state index in [0.717, 1.165) is 42.5 Å². The van der Waals surface area contributed by atoms with Crippen LogP contribution in [0.25, 0.3) is 0 Å². The maximum Gasteiger partial charge on any atom is 0.312 e. The molecule has 1 aromatic rings. The zero-order valence-corrected chi connectivity index (χ0v) is 26.5. The molecule has 0 saturated carbocycles. The second-order valence-corrected chi connectivity index (χ2v) is 12.8. The normalized spacial score (nSPS) is 29.0. The maximum atomic E-state index is 14.9. The average Bonchev–Trinajstić information content (AvgIpc) is 3.48. The standard InChI is InChI=1S/C35H50N2O6/c1-7-9-10-15-22-42-33(41)28-27-31(39)37(20-13-11-12-14-21-38)30(35(27)23-26(5)34(28,6)43-35)32(40)36(19-8-2)29-24(3)17-16-18-25(29)4/h7-8,16-18,26-28,30,38H,1-2,9-15,19-23H2,3-6H3/t26?,27-,28+,30?,34-,35?/m0/s1. The number of hydrogen-bond donors (Lipinski definition) is 1. The minimum Gasteiger partial charge on any atom is -0.465 e. The van der Waals surface area contributed by atoms with Crippen LogP contribution in [0, 0.1) is 31.6 Å². The van der Waals surface area contributed by atoms with Crippen molar-refractivity contribution in [3.8, 4) is 0 Å². The van der Waals surface area contributed by atoms with Gasteiger partial charge in [0.25, 0.3) is 5.91 Å². The predicted octanol–water partition coefficient (Wildman–Crippen LogP) is 5.29. The molecule has 2 amide bonds. The number of aryl methyl sites for hydroxylation is 2. The van der Waals surface area contributed by atoms with Gasteiger partial charge in [-0.2, -0.15) is 0 Å². The first-order valence-electron chi connectivity index (χ1n) is 16.0. The number of allylic oxidation sites excluding steroid dienone is 1. The van der Waals surface area contributed by atoms with Crippen LogP contribution in [0.5, 0.6) is 0 Å². The Morgan fingerprint density at radius 2 is 1.81 bits per heavy atom. The smallest absolute Gasteiger partial charge is 0.312 e. The molecule has 3 unspecified atom stereocenters. The van der Waals surface area contributed by atoms with Gasteiger partial charge in [0.05, 0.1) is 18.1 Å².